The maximum absolute atomic E-state index is 12.8. The molecule has 0 spiro atoms. The van der Waals surface area contributed by atoms with Crippen LogP contribution in [0.5, 0.6) is 11.5 Å². The van der Waals surface area contributed by atoms with Crippen molar-refractivity contribution in [3.8, 4) is 11.5 Å². The number of para-hydroxylation sites is 2. The van der Waals surface area contributed by atoms with Crippen LogP contribution in [0.2, 0.25) is 0 Å². The fourth-order valence-corrected chi connectivity index (χ4v) is 4.23. The van der Waals surface area contributed by atoms with Crippen molar-refractivity contribution in [1.82, 2.24) is 9.80 Å². The molecule has 5 heteroatoms. The second kappa shape index (κ2) is 7.65. The van der Waals surface area contributed by atoms with Gasteiger partial charge < -0.3 is 14.4 Å². The van der Waals surface area contributed by atoms with E-state index in [9.17, 15) is 4.79 Å². The number of hydrogen-bond donors (Lipinski definition) is 0. The van der Waals surface area contributed by atoms with Crippen LogP contribution in [0.15, 0.2) is 24.3 Å². The van der Waals surface area contributed by atoms with Gasteiger partial charge in [0, 0.05) is 32.7 Å². The average Bonchev–Trinajstić information content (AvgIpc) is 2.68. The van der Waals surface area contributed by atoms with Gasteiger partial charge in [-0.05, 0) is 30.9 Å². The van der Waals surface area contributed by atoms with E-state index >= 15 is 0 Å². The van der Waals surface area contributed by atoms with Crippen molar-refractivity contribution in [3.05, 3.63) is 24.3 Å². The summed E-state index contributed by atoms with van der Waals surface area (Å²) in [6.07, 6.45) is 6.44. The molecule has 1 saturated heterocycles. The summed E-state index contributed by atoms with van der Waals surface area (Å²) < 4.78 is 11.6. The van der Waals surface area contributed by atoms with Gasteiger partial charge in [-0.2, -0.15) is 0 Å². The number of amides is 1. The average molecular weight is 344 g/mol. The van der Waals surface area contributed by atoms with Crippen LogP contribution in [0.1, 0.15) is 32.1 Å². The summed E-state index contributed by atoms with van der Waals surface area (Å²) in [4.78, 5) is 17.2. The van der Waals surface area contributed by atoms with Crippen molar-refractivity contribution in [1.29, 1.82) is 0 Å². The van der Waals surface area contributed by atoms with E-state index in [0.717, 1.165) is 37.8 Å². The minimum Gasteiger partial charge on any atom is -0.485 e. The molecular weight excluding hydrogens is 316 g/mol. The number of benzene rings is 1. The van der Waals surface area contributed by atoms with Crippen LogP contribution in [0.3, 0.4) is 0 Å². The van der Waals surface area contributed by atoms with Crippen molar-refractivity contribution in [2.75, 3.05) is 39.3 Å². The van der Waals surface area contributed by atoms with Crippen LogP contribution >= 0.6 is 0 Å². The molecule has 2 heterocycles. The zero-order valence-corrected chi connectivity index (χ0v) is 14.9. The van der Waals surface area contributed by atoms with Crippen LogP contribution < -0.4 is 9.47 Å². The minimum atomic E-state index is -0.514. The predicted octanol–water partition coefficient (Wildman–Crippen LogP) is 2.55. The number of fused-ring (bicyclic) bond motifs is 1. The summed E-state index contributed by atoms with van der Waals surface area (Å²) in [6, 6.07) is 7.55. The first-order chi connectivity index (χ1) is 12.3. The maximum atomic E-state index is 12.8. The molecule has 0 bridgehead atoms. The standard InChI is InChI=1S/C20H28N2O3/c23-20(19-15-24-17-8-4-5-9-18(17)25-19)22-12-10-21(11-13-22)14-16-6-2-1-3-7-16/h4-5,8-9,16,19H,1-3,6-7,10-15H2. The summed E-state index contributed by atoms with van der Waals surface area (Å²) in [5, 5.41) is 0. The Morgan fingerprint density at radius 1 is 1.00 bits per heavy atom. The molecule has 1 aromatic rings. The van der Waals surface area contributed by atoms with Gasteiger partial charge in [0.15, 0.2) is 11.5 Å². The molecular formula is C20H28N2O3. The Kier molecular flexibility index (Phi) is 5.11. The van der Waals surface area contributed by atoms with Crippen LogP contribution in [-0.4, -0.2) is 61.1 Å². The first-order valence-corrected chi connectivity index (χ1v) is 9.69. The van der Waals surface area contributed by atoms with E-state index in [-0.39, 0.29) is 5.91 Å². The first-order valence-electron chi connectivity index (χ1n) is 9.69. The van der Waals surface area contributed by atoms with Gasteiger partial charge in [-0.3, -0.25) is 9.69 Å². The lowest BCUT2D eigenvalue weighted by molar-refractivity contribution is -0.143. The lowest BCUT2D eigenvalue weighted by Crippen LogP contribution is -2.54. The molecule has 136 valence electrons. The quantitative estimate of drug-likeness (QED) is 0.845. The lowest BCUT2D eigenvalue weighted by atomic mass is 9.89. The molecule has 0 N–H and O–H groups in total. The van der Waals surface area contributed by atoms with Crippen LogP contribution in [0.25, 0.3) is 0 Å². The SMILES string of the molecule is O=C(C1COc2ccccc2O1)N1CCN(CC2CCCCC2)CC1. The predicted molar refractivity (Wildman–Crippen MR) is 95.9 cm³/mol. The number of nitrogens with zero attached hydrogens (tertiary/aromatic N) is 2. The Hall–Kier alpha value is -1.75. The van der Waals surface area contributed by atoms with Gasteiger partial charge >= 0.3 is 0 Å². The molecule has 1 unspecified atom stereocenters. The molecule has 25 heavy (non-hydrogen) atoms. The van der Waals surface area contributed by atoms with Gasteiger partial charge in [0.1, 0.15) is 6.61 Å². The molecule has 4 rings (SSSR count). The monoisotopic (exact) mass is 344 g/mol. The Labute approximate surface area is 149 Å². The summed E-state index contributed by atoms with van der Waals surface area (Å²) >= 11 is 0. The number of piperazine rings is 1. The molecule has 1 aliphatic carbocycles. The highest BCUT2D eigenvalue weighted by Crippen LogP contribution is 2.31. The third kappa shape index (κ3) is 3.92. The summed E-state index contributed by atoms with van der Waals surface area (Å²) in [6.45, 7) is 5.06. The topological polar surface area (TPSA) is 42.0 Å². The van der Waals surface area contributed by atoms with E-state index in [1.54, 1.807) is 0 Å². The normalized spacial score (nSPS) is 25.0. The highest BCUT2D eigenvalue weighted by molar-refractivity contribution is 5.82. The van der Waals surface area contributed by atoms with Gasteiger partial charge in [-0.25, -0.2) is 0 Å². The molecule has 1 saturated carbocycles. The molecule has 1 aromatic carbocycles. The zero-order valence-electron chi connectivity index (χ0n) is 14.9. The maximum Gasteiger partial charge on any atom is 0.267 e. The van der Waals surface area contributed by atoms with Gasteiger partial charge in [0.2, 0.25) is 6.10 Å². The lowest BCUT2D eigenvalue weighted by Gasteiger charge is -2.38. The van der Waals surface area contributed by atoms with Gasteiger partial charge in [0.25, 0.3) is 5.91 Å². The number of ether oxygens (including phenoxy) is 2. The second-order valence-corrected chi connectivity index (χ2v) is 7.49. The molecule has 1 atom stereocenters. The van der Waals surface area contributed by atoms with Crippen LogP contribution in [0.4, 0.5) is 0 Å². The Balaban J connectivity index is 1.27. The molecule has 5 nitrogen and oxygen atoms in total. The minimum absolute atomic E-state index is 0.0619. The van der Waals surface area contributed by atoms with E-state index in [4.69, 9.17) is 9.47 Å². The highest BCUT2D eigenvalue weighted by Gasteiger charge is 2.33. The number of rotatable bonds is 3. The third-order valence-corrected chi connectivity index (χ3v) is 5.71. The number of hydrogen-bond acceptors (Lipinski definition) is 4. The van der Waals surface area contributed by atoms with Crippen LogP contribution in [-0.2, 0) is 4.79 Å². The number of carbonyl (C=O) groups excluding carboxylic acids is 1. The summed E-state index contributed by atoms with van der Waals surface area (Å²) in [5.74, 6) is 2.32. The van der Waals surface area contributed by atoms with Crippen molar-refractivity contribution in [2.24, 2.45) is 5.92 Å². The fourth-order valence-electron chi connectivity index (χ4n) is 4.23. The second-order valence-electron chi connectivity index (χ2n) is 7.49. The number of carbonyl (C=O) groups is 1. The van der Waals surface area contributed by atoms with Crippen LogP contribution in [0, 0.1) is 5.92 Å². The van der Waals surface area contributed by atoms with Crippen molar-refractivity contribution in [2.45, 2.75) is 38.2 Å². The molecule has 2 aliphatic heterocycles. The van der Waals surface area contributed by atoms with Crippen molar-refractivity contribution in [3.63, 3.8) is 0 Å². The Morgan fingerprint density at radius 3 is 2.48 bits per heavy atom. The molecule has 0 radical (unpaired) electrons. The Bertz CT molecular complexity index is 592. The van der Waals surface area contributed by atoms with E-state index in [0.29, 0.717) is 12.4 Å². The first kappa shape index (κ1) is 16.7. The molecule has 3 aliphatic rings. The smallest absolute Gasteiger partial charge is 0.267 e. The van der Waals surface area contributed by atoms with Gasteiger partial charge in [-0.15, -0.1) is 0 Å². The van der Waals surface area contributed by atoms with Crippen molar-refractivity contribution < 1.29 is 14.3 Å². The zero-order chi connectivity index (χ0) is 17.1. The summed E-state index contributed by atoms with van der Waals surface area (Å²) in [5.41, 5.74) is 0. The molecule has 1 amide bonds. The third-order valence-electron chi connectivity index (χ3n) is 5.71. The highest BCUT2D eigenvalue weighted by atomic mass is 16.6. The molecule has 2 fully saturated rings. The van der Waals surface area contributed by atoms with E-state index in [1.165, 1.54) is 38.6 Å². The van der Waals surface area contributed by atoms with E-state index in [1.807, 2.05) is 29.2 Å². The Morgan fingerprint density at radius 2 is 1.72 bits per heavy atom. The van der Waals surface area contributed by atoms with E-state index in [2.05, 4.69) is 4.90 Å². The largest absolute Gasteiger partial charge is 0.485 e. The van der Waals surface area contributed by atoms with Crippen molar-refractivity contribution >= 4 is 5.91 Å². The van der Waals surface area contributed by atoms with E-state index < -0.39 is 6.10 Å². The van der Waals surface area contributed by atoms with Gasteiger partial charge in [0.05, 0.1) is 0 Å². The van der Waals surface area contributed by atoms with Gasteiger partial charge in [-0.1, -0.05) is 31.4 Å². The summed E-state index contributed by atoms with van der Waals surface area (Å²) in [7, 11) is 0. The molecule has 0 aromatic heterocycles. The fraction of sp³-hybridized carbons (Fsp3) is 0.650.